The molecule has 1 aromatic carbocycles. The second kappa shape index (κ2) is 7.93. The third kappa shape index (κ3) is 3.92. The molecule has 1 aliphatic rings. The van der Waals surface area contributed by atoms with Crippen molar-refractivity contribution in [2.24, 2.45) is 0 Å². The Bertz CT molecular complexity index is 443. The predicted octanol–water partition coefficient (Wildman–Crippen LogP) is 2.57. The molecule has 1 aliphatic heterocycles. The maximum atomic E-state index is 6.40. The van der Waals surface area contributed by atoms with Crippen LogP contribution in [-0.2, 0) is 6.54 Å². The zero-order chi connectivity index (χ0) is 13.8. The van der Waals surface area contributed by atoms with Crippen LogP contribution < -0.4 is 14.8 Å². The van der Waals surface area contributed by atoms with E-state index >= 15 is 0 Å². The van der Waals surface area contributed by atoms with Gasteiger partial charge in [0.25, 0.3) is 0 Å². The molecule has 0 aromatic heterocycles. The van der Waals surface area contributed by atoms with Crippen LogP contribution >= 0.6 is 24.0 Å². The lowest BCUT2D eigenvalue weighted by Gasteiger charge is -2.32. The fourth-order valence-corrected chi connectivity index (χ4v) is 2.74. The Kier molecular flexibility index (Phi) is 6.89. The Labute approximate surface area is 131 Å². The maximum absolute atomic E-state index is 6.40. The fourth-order valence-electron chi connectivity index (χ4n) is 2.45. The standard InChI is InChI=1S/C14H21ClN2O2.ClH/c1-10-8-17(7-6-16-10)9-11-4-5-12(18-2)14(19-3)13(11)15;/h4-5,10,16H,6-9H2,1-3H3;1H. The highest BCUT2D eigenvalue weighted by molar-refractivity contribution is 6.33. The van der Waals surface area contributed by atoms with Gasteiger partial charge in [0.05, 0.1) is 19.2 Å². The molecule has 1 atom stereocenters. The highest BCUT2D eigenvalue weighted by atomic mass is 35.5. The van der Waals surface area contributed by atoms with Gasteiger partial charge in [-0.25, -0.2) is 0 Å². The van der Waals surface area contributed by atoms with Gasteiger partial charge in [-0.2, -0.15) is 0 Å². The lowest BCUT2D eigenvalue weighted by atomic mass is 10.1. The molecule has 1 unspecified atom stereocenters. The minimum Gasteiger partial charge on any atom is -0.493 e. The zero-order valence-corrected chi connectivity index (χ0v) is 13.7. The number of piperazine rings is 1. The molecular weight excluding hydrogens is 299 g/mol. The Morgan fingerprint density at radius 2 is 2.10 bits per heavy atom. The van der Waals surface area contributed by atoms with Crippen molar-refractivity contribution in [2.45, 2.75) is 19.5 Å². The molecule has 6 heteroatoms. The van der Waals surface area contributed by atoms with E-state index in [1.807, 2.05) is 12.1 Å². The van der Waals surface area contributed by atoms with E-state index < -0.39 is 0 Å². The summed E-state index contributed by atoms with van der Waals surface area (Å²) < 4.78 is 10.6. The molecule has 20 heavy (non-hydrogen) atoms. The van der Waals surface area contributed by atoms with E-state index in [9.17, 15) is 0 Å². The van der Waals surface area contributed by atoms with Gasteiger partial charge in [-0.1, -0.05) is 17.7 Å². The van der Waals surface area contributed by atoms with Crippen LogP contribution in [0.5, 0.6) is 11.5 Å². The van der Waals surface area contributed by atoms with Crippen molar-refractivity contribution < 1.29 is 9.47 Å². The van der Waals surface area contributed by atoms with Gasteiger partial charge in [-0.3, -0.25) is 4.90 Å². The molecule has 0 radical (unpaired) electrons. The third-order valence-corrected chi connectivity index (χ3v) is 3.83. The predicted molar refractivity (Wildman–Crippen MR) is 84.5 cm³/mol. The molecule has 1 fully saturated rings. The Morgan fingerprint density at radius 3 is 2.70 bits per heavy atom. The minimum atomic E-state index is 0. The number of hydrogen-bond donors (Lipinski definition) is 1. The van der Waals surface area contributed by atoms with Crippen LogP contribution in [0.3, 0.4) is 0 Å². The van der Waals surface area contributed by atoms with Crippen molar-refractivity contribution in [1.82, 2.24) is 10.2 Å². The molecule has 1 N–H and O–H groups in total. The zero-order valence-electron chi connectivity index (χ0n) is 12.1. The summed E-state index contributed by atoms with van der Waals surface area (Å²) in [5.41, 5.74) is 1.08. The Morgan fingerprint density at radius 1 is 1.35 bits per heavy atom. The Balaban J connectivity index is 0.00000200. The number of rotatable bonds is 4. The average molecular weight is 321 g/mol. The van der Waals surface area contributed by atoms with Crippen molar-refractivity contribution in [3.05, 3.63) is 22.7 Å². The summed E-state index contributed by atoms with van der Waals surface area (Å²) in [6.45, 7) is 6.12. The highest BCUT2D eigenvalue weighted by Crippen LogP contribution is 2.37. The highest BCUT2D eigenvalue weighted by Gasteiger charge is 2.19. The third-order valence-electron chi connectivity index (χ3n) is 3.41. The van der Waals surface area contributed by atoms with Crippen molar-refractivity contribution >= 4 is 24.0 Å². The van der Waals surface area contributed by atoms with Crippen LogP contribution in [0.1, 0.15) is 12.5 Å². The first-order chi connectivity index (χ1) is 9.15. The molecule has 0 aliphatic carbocycles. The molecule has 0 spiro atoms. The summed E-state index contributed by atoms with van der Waals surface area (Å²) in [5, 5.41) is 4.08. The molecule has 4 nitrogen and oxygen atoms in total. The van der Waals surface area contributed by atoms with Crippen molar-refractivity contribution in [3.8, 4) is 11.5 Å². The fraction of sp³-hybridized carbons (Fsp3) is 0.571. The first-order valence-electron chi connectivity index (χ1n) is 6.50. The van der Waals surface area contributed by atoms with Crippen molar-refractivity contribution in [1.29, 1.82) is 0 Å². The smallest absolute Gasteiger partial charge is 0.179 e. The first kappa shape index (κ1) is 17.4. The number of nitrogens with one attached hydrogen (secondary N) is 1. The second-order valence-corrected chi connectivity index (χ2v) is 5.24. The van der Waals surface area contributed by atoms with Gasteiger partial charge in [0, 0.05) is 32.2 Å². The van der Waals surface area contributed by atoms with E-state index in [2.05, 4.69) is 17.1 Å². The second-order valence-electron chi connectivity index (χ2n) is 4.86. The van der Waals surface area contributed by atoms with Gasteiger partial charge in [-0.05, 0) is 18.6 Å². The van der Waals surface area contributed by atoms with Gasteiger partial charge < -0.3 is 14.8 Å². The monoisotopic (exact) mass is 320 g/mol. The number of halogens is 2. The topological polar surface area (TPSA) is 33.7 Å². The van der Waals surface area contributed by atoms with Gasteiger partial charge in [0.1, 0.15) is 0 Å². The molecule has 114 valence electrons. The average Bonchev–Trinajstić information content (AvgIpc) is 2.41. The number of methoxy groups -OCH3 is 2. The molecule has 1 saturated heterocycles. The summed E-state index contributed by atoms with van der Waals surface area (Å²) in [7, 11) is 3.23. The molecule has 0 amide bonds. The Hall–Kier alpha value is -0.680. The first-order valence-corrected chi connectivity index (χ1v) is 6.88. The molecule has 1 heterocycles. The summed E-state index contributed by atoms with van der Waals surface area (Å²) in [4.78, 5) is 2.40. The van der Waals surface area contributed by atoms with Crippen LogP contribution in [0.4, 0.5) is 0 Å². The number of benzene rings is 1. The summed E-state index contributed by atoms with van der Waals surface area (Å²) >= 11 is 6.40. The van der Waals surface area contributed by atoms with Gasteiger partial charge in [0.2, 0.25) is 0 Å². The summed E-state index contributed by atoms with van der Waals surface area (Å²) in [5.74, 6) is 1.29. The largest absolute Gasteiger partial charge is 0.493 e. The summed E-state index contributed by atoms with van der Waals surface area (Å²) in [6, 6.07) is 4.44. The maximum Gasteiger partial charge on any atom is 0.179 e. The van der Waals surface area contributed by atoms with Crippen LogP contribution in [0.25, 0.3) is 0 Å². The van der Waals surface area contributed by atoms with Crippen LogP contribution in [0, 0.1) is 0 Å². The molecule has 2 rings (SSSR count). The van der Waals surface area contributed by atoms with E-state index in [4.69, 9.17) is 21.1 Å². The van der Waals surface area contributed by atoms with Crippen molar-refractivity contribution in [2.75, 3.05) is 33.9 Å². The number of ether oxygens (including phenoxy) is 2. The van der Waals surface area contributed by atoms with Gasteiger partial charge in [-0.15, -0.1) is 12.4 Å². The van der Waals surface area contributed by atoms with Crippen molar-refractivity contribution in [3.63, 3.8) is 0 Å². The van der Waals surface area contributed by atoms with E-state index in [0.717, 1.165) is 31.7 Å². The molecule has 0 bridgehead atoms. The van der Waals surface area contributed by atoms with E-state index in [1.54, 1.807) is 14.2 Å². The van der Waals surface area contributed by atoms with Crippen LogP contribution in [0.2, 0.25) is 5.02 Å². The molecule has 0 saturated carbocycles. The normalized spacial score (nSPS) is 19.3. The molecule has 1 aromatic rings. The van der Waals surface area contributed by atoms with E-state index in [1.165, 1.54) is 0 Å². The van der Waals surface area contributed by atoms with E-state index in [-0.39, 0.29) is 12.4 Å². The van der Waals surface area contributed by atoms with Gasteiger partial charge in [0.15, 0.2) is 11.5 Å². The minimum absolute atomic E-state index is 0. The SMILES string of the molecule is COc1ccc(CN2CCNC(C)C2)c(Cl)c1OC.Cl. The number of hydrogen-bond acceptors (Lipinski definition) is 4. The van der Waals surface area contributed by atoms with Gasteiger partial charge >= 0.3 is 0 Å². The van der Waals surface area contributed by atoms with Crippen LogP contribution in [-0.4, -0.2) is 44.8 Å². The van der Waals surface area contributed by atoms with Crippen LogP contribution in [0.15, 0.2) is 12.1 Å². The summed E-state index contributed by atoms with van der Waals surface area (Å²) in [6.07, 6.45) is 0. The molecular formula is C14H22Cl2N2O2. The lowest BCUT2D eigenvalue weighted by molar-refractivity contribution is 0.199. The lowest BCUT2D eigenvalue weighted by Crippen LogP contribution is -2.48. The number of nitrogens with zero attached hydrogens (tertiary/aromatic N) is 1. The quantitative estimate of drug-likeness (QED) is 0.924. The van der Waals surface area contributed by atoms with E-state index in [0.29, 0.717) is 22.6 Å².